The Morgan fingerprint density at radius 3 is 2.76 bits per heavy atom. The molecule has 0 saturated carbocycles. The van der Waals surface area contributed by atoms with E-state index < -0.39 is 0 Å². The third-order valence-electron chi connectivity index (χ3n) is 4.30. The summed E-state index contributed by atoms with van der Waals surface area (Å²) in [6, 6.07) is 10.4. The molecular weight excluding hydrogens is 411 g/mol. The van der Waals surface area contributed by atoms with E-state index in [1.807, 2.05) is 19.1 Å². The lowest BCUT2D eigenvalue weighted by Gasteiger charge is -2.08. The first-order chi connectivity index (χ1) is 14.0. The number of nitrogens with one attached hydrogen (secondary N) is 3. The van der Waals surface area contributed by atoms with Crippen LogP contribution in [0.3, 0.4) is 0 Å². The third-order valence-corrected chi connectivity index (χ3v) is 5.04. The van der Waals surface area contributed by atoms with Crippen molar-refractivity contribution in [2.45, 2.75) is 13.5 Å². The SMILES string of the molecule is Cc1cc(-c2n[nH]c3cc(NC(=O)NCc4ccc(Cl)c(Cl)c4)ncc23)ccn1. The molecule has 0 atom stereocenters. The van der Waals surface area contributed by atoms with Crippen molar-refractivity contribution in [2.75, 3.05) is 5.32 Å². The summed E-state index contributed by atoms with van der Waals surface area (Å²) < 4.78 is 0. The average molecular weight is 427 g/mol. The number of carbonyl (C=O) groups excluding carboxylic acids is 1. The van der Waals surface area contributed by atoms with Crippen LogP contribution in [0.15, 0.2) is 48.8 Å². The monoisotopic (exact) mass is 426 g/mol. The third kappa shape index (κ3) is 4.31. The van der Waals surface area contributed by atoms with Gasteiger partial charge in [-0.3, -0.25) is 15.4 Å². The standard InChI is InChI=1S/C20H16Cl2N6O/c1-11-6-13(4-5-23-11)19-14-10-24-18(8-17(14)27-28-19)26-20(29)25-9-12-2-3-15(21)16(22)7-12/h2-8,10H,9H2,1H3,(H,27,28)(H2,24,25,26,29). The van der Waals surface area contributed by atoms with Crippen LogP contribution in [0.4, 0.5) is 10.6 Å². The number of amides is 2. The van der Waals surface area contributed by atoms with Crippen molar-refractivity contribution >= 4 is 46.0 Å². The summed E-state index contributed by atoms with van der Waals surface area (Å²) in [5, 5.41) is 14.6. The summed E-state index contributed by atoms with van der Waals surface area (Å²) in [6.07, 6.45) is 3.42. The highest BCUT2D eigenvalue weighted by Crippen LogP contribution is 2.27. The molecule has 3 aromatic heterocycles. The Balaban J connectivity index is 1.45. The molecule has 9 heteroatoms. The lowest BCUT2D eigenvalue weighted by molar-refractivity contribution is 0.251. The van der Waals surface area contributed by atoms with Gasteiger partial charge in [0, 0.05) is 41.6 Å². The number of hydrogen-bond acceptors (Lipinski definition) is 4. The van der Waals surface area contributed by atoms with E-state index in [1.165, 1.54) is 0 Å². The zero-order valence-electron chi connectivity index (χ0n) is 15.3. The number of fused-ring (bicyclic) bond motifs is 1. The molecule has 146 valence electrons. The number of urea groups is 1. The predicted molar refractivity (Wildman–Crippen MR) is 114 cm³/mol. The maximum absolute atomic E-state index is 12.2. The fourth-order valence-electron chi connectivity index (χ4n) is 2.89. The van der Waals surface area contributed by atoms with Gasteiger partial charge < -0.3 is 5.32 Å². The minimum Gasteiger partial charge on any atom is -0.334 e. The molecule has 7 nitrogen and oxygen atoms in total. The van der Waals surface area contributed by atoms with Gasteiger partial charge >= 0.3 is 6.03 Å². The van der Waals surface area contributed by atoms with Gasteiger partial charge in [-0.05, 0) is 36.8 Å². The fourth-order valence-corrected chi connectivity index (χ4v) is 3.21. The first kappa shape index (κ1) is 19.2. The fraction of sp³-hybridized carbons (Fsp3) is 0.100. The summed E-state index contributed by atoms with van der Waals surface area (Å²) in [6.45, 7) is 2.23. The molecule has 0 radical (unpaired) electrons. The van der Waals surface area contributed by atoms with Gasteiger partial charge in [0.25, 0.3) is 0 Å². The van der Waals surface area contributed by atoms with Crippen LogP contribution < -0.4 is 10.6 Å². The van der Waals surface area contributed by atoms with Crippen molar-refractivity contribution in [1.29, 1.82) is 0 Å². The van der Waals surface area contributed by atoms with Gasteiger partial charge in [0.05, 0.1) is 15.6 Å². The average Bonchev–Trinajstić information content (AvgIpc) is 3.12. The Morgan fingerprint density at radius 2 is 1.97 bits per heavy atom. The molecule has 29 heavy (non-hydrogen) atoms. The second kappa shape index (κ2) is 8.06. The molecule has 2 amide bonds. The van der Waals surface area contributed by atoms with E-state index in [-0.39, 0.29) is 6.03 Å². The molecular formula is C20H16Cl2N6O. The van der Waals surface area contributed by atoms with E-state index in [9.17, 15) is 4.79 Å². The van der Waals surface area contributed by atoms with Crippen LogP contribution in [-0.4, -0.2) is 26.2 Å². The lowest BCUT2D eigenvalue weighted by Crippen LogP contribution is -2.28. The Bertz CT molecular complexity index is 1210. The number of anilines is 1. The van der Waals surface area contributed by atoms with Crippen molar-refractivity contribution in [2.24, 2.45) is 0 Å². The number of carbonyl (C=O) groups is 1. The van der Waals surface area contributed by atoms with E-state index in [0.717, 1.165) is 33.4 Å². The Labute approximate surface area is 176 Å². The van der Waals surface area contributed by atoms with E-state index in [1.54, 1.807) is 36.7 Å². The van der Waals surface area contributed by atoms with Gasteiger partial charge in [-0.15, -0.1) is 0 Å². The van der Waals surface area contributed by atoms with Crippen LogP contribution >= 0.6 is 23.2 Å². The van der Waals surface area contributed by atoms with Gasteiger partial charge in [0.2, 0.25) is 0 Å². The van der Waals surface area contributed by atoms with Crippen molar-refractivity contribution in [3.63, 3.8) is 0 Å². The van der Waals surface area contributed by atoms with Crippen molar-refractivity contribution in [3.8, 4) is 11.3 Å². The Kier molecular flexibility index (Phi) is 5.33. The molecule has 0 bridgehead atoms. The highest BCUT2D eigenvalue weighted by Gasteiger charge is 2.11. The molecule has 0 aliphatic rings. The zero-order valence-corrected chi connectivity index (χ0v) is 16.8. The lowest BCUT2D eigenvalue weighted by atomic mass is 10.1. The summed E-state index contributed by atoms with van der Waals surface area (Å²) in [5.74, 6) is 0.408. The zero-order chi connectivity index (χ0) is 20.4. The van der Waals surface area contributed by atoms with Crippen LogP contribution in [-0.2, 0) is 6.54 Å². The van der Waals surface area contributed by atoms with Crippen LogP contribution in [0.2, 0.25) is 10.0 Å². The van der Waals surface area contributed by atoms with Crippen molar-refractivity contribution < 1.29 is 4.79 Å². The maximum atomic E-state index is 12.2. The van der Waals surface area contributed by atoms with Gasteiger partial charge in [-0.1, -0.05) is 29.3 Å². The van der Waals surface area contributed by atoms with E-state index >= 15 is 0 Å². The molecule has 4 aromatic rings. The van der Waals surface area contributed by atoms with Gasteiger partial charge in [-0.2, -0.15) is 5.10 Å². The minimum absolute atomic E-state index is 0.306. The minimum atomic E-state index is -0.382. The number of aromatic nitrogens is 4. The van der Waals surface area contributed by atoms with Crippen LogP contribution in [0.1, 0.15) is 11.3 Å². The largest absolute Gasteiger partial charge is 0.334 e. The first-order valence-corrected chi connectivity index (χ1v) is 9.51. The Hall–Kier alpha value is -3.16. The van der Waals surface area contributed by atoms with E-state index in [0.29, 0.717) is 22.4 Å². The van der Waals surface area contributed by atoms with Crippen LogP contribution in [0.25, 0.3) is 22.2 Å². The molecule has 3 N–H and O–H groups in total. The number of H-pyrrole nitrogens is 1. The van der Waals surface area contributed by atoms with Crippen LogP contribution in [0, 0.1) is 6.92 Å². The van der Waals surface area contributed by atoms with Crippen molar-refractivity contribution in [3.05, 3.63) is 70.1 Å². The maximum Gasteiger partial charge on any atom is 0.320 e. The summed E-state index contributed by atoms with van der Waals surface area (Å²) >= 11 is 11.9. The van der Waals surface area contributed by atoms with Gasteiger partial charge in [0.15, 0.2) is 0 Å². The molecule has 4 rings (SSSR count). The molecule has 0 unspecified atom stereocenters. The molecule has 0 spiro atoms. The summed E-state index contributed by atoms with van der Waals surface area (Å²) in [7, 11) is 0. The van der Waals surface area contributed by atoms with Crippen molar-refractivity contribution in [1.82, 2.24) is 25.5 Å². The number of halogens is 2. The Morgan fingerprint density at radius 1 is 1.10 bits per heavy atom. The quantitative estimate of drug-likeness (QED) is 0.429. The van der Waals surface area contributed by atoms with E-state index in [4.69, 9.17) is 23.2 Å². The smallest absolute Gasteiger partial charge is 0.320 e. The predicted octanol–water partition coefficient (Wildman–Crippen LogP) is 4.96. The molecule has 0 aliphatic heterocycles. The van der Waals surface area contributed by atoms with Gasteiger partial charge in [-0.25, -0.2) is 9.78 Å². The summed E-state index contributed by atoms with van der Waals surface area (Å²) in [4.78, 5) is 20.7. The number of benzene rings is 1. The molecule has 0 aliphatic carbocycles. The van der Waals surface area contributed by atoms with Crippen LogP contribution in [0.5, 0.6) is 0 Å². The number of nitrogens with zero attached hydrogens (tertiary/aromatic N) is 3. The molecule has 1 aromatic carbocycles. The molecule has 3 heterocycles. The number of hydrogen-bond donors (Lipinski definition) is 3. The number of aryl methyl sites for hydroxylation is 1. The molecule has 0 fully saturated rings. The highest BCUT2D eigenvalue weighted by molar-refractivity contribution is 6.42. The highest BCUT2D eigenvalue weighted by atomic mass is 35.5. The second-order valence-corrected chi connectivity index (χ2v) is 7.24. The van der Waals surface area contributed by atoms with Gasteiger partial charge in [0.1, 0.15) is 11.5 Å². The number of pyridine rings is 2. The normalized spacial score (nSPS) is 10.9. The second-order valence-electron chi connectivity index (χ2n) is 6.43. The van der Waals surface area contributed by atoms with E-state index in [2.05, 4.69) is 30.8 Å². The first-order valence-electron chi connectivity index (χ1n) is 8.75. The number of aromatic amines is 1. The number of rotatable bonds is 4. The summed E-state index contributed by atoms with van der Waals surface area (Å²) in [5.41, 5.74) is 4.25. The molecule has 0 saturated heterocycles. The topological polar surface area (TPSA) is 95.6 Å².